The quantitative estimate of drug-likeness (QED) is 0.723. The minimum Gasteiger partial charge on any atom is -0.337 e. The van der Waals surface area contributed by atoms with Gasteiger partial charge in [0.05, 0.1) is 0 Å². The molecule has 0 radical (unpaired) electrons. The van der Waals surface area contributed by atoms with Crippen LogP contribution in [0.3, 0.4) is 0 Å². The summed E-state index contributed by atoms with van der Waals surface area (Å²) in [5.41, 5.74) is 0. The summed E-state index contributed by atoms with van der Waals surface area (Å²) < 4.78 is 25.4. The molecule has 0 aromatic rings. The molecule has 1 saturated carbocycles. The van der Waals surface area contributed by atoms with Crippen molar-refractivity contribution in [3.63, 3.8) is 0 Å². The Hall–Kier alpha value is -0.710. The Morgan fingerprint density at radius 2 is 1.78 bits per heavy atom. The van der Waals surface area contributed by atoms with Crippen molar-refractivity contribution < 1.29 is 13.6 Å². The number of hydrogen-bond acceptors (Lipinski definition) is 2. The van der Waals surface area contributed by atoms with Crippen molar-refractivity contribution in [2.75, 3.05) is 26.7 Å². The first-order valence-corrected chi connectivity index (χ1v) is 6.76. The highest BCUT2D eigenvalue weighted by atomic mass is 19.3. The van der Waals surface area contributed by atoms with Crippen LogP contribution in [-0.2, 0) is 4.79 Å². The fraction of sp³-hybridized carbons (Fsp3) is 0.923. The number of halogens is 2. The zero-order valence-electron chi connectivity index (χ0n) is 11.7. The molecule has 5 heteroatoms. The largest absolute Gasteiger partial charge is 0.337 e. The van der Waals surface area contributed by atoms with Gasteiger partial charge in [0.25, 0.3) is 0 Å². The number of likely N-dealkylation sites (N-methyl/N-ethyl adjacent to an activating group) is 1. The summed E-state index contributed by atoms with van der Waals surface area (Å²) in [6.07, 6.45) is -0.518. The molecule has 0 aromatic heterocycles. The van der Waals surface area contributed by atoms with Crippen molar-refractivity contribution in [1.29, 1.82) is 0 Å². The second-order valence-corrected chi connectivity index (χ2v) is 5.10. The lowest BCUT2D eigenvalue weighted by molar-refractivity contribution is -0.163. The fourth-order valence-electron chi connectivity index (χ4n) is 2.54. The Morgan fingerprint density at radius 3 is 2.22 bits per heavy atom. The minimum absolute atomic E-state index is 0.0773. The molecule has 0 aromatic carbocycles. The second-order valence-electron chi connectivity index (χ2n) is 5.10. The number of carbonyl (C=O) groups excluding carboxylic acids is 1. The molecule has 2 aliphatic rings. The summed E-state index contributed by atoms with van der Waals surface area (Å²) in [5.74, 6) is -3.12. The van der Waals surface area contributed by atoms with Crippen molar-refractivity contribution in [1.82, 2.24) is 9.80 Å². The number of hydrogen-bond donors (Lipinski definition) is 0. The third-order valence-corrected chi connectivity index (χ3v) is 3.55. The molecule has 0 spiro atoms. The minimum atomic E-state index is -2.60. The molecule has 0 N–H and O–H groups in total. The molecular formula is C13H24F2N2O. The monoisotopic (exact) mass is 262 g/mol. The van der Waals surface area contributed by atoms with Crippen LogP contribution in [0.1, 0.15) is 33.6 Å². The molecule has 2 rings (SSSR count). The van der Waals surface area contributed by atoms with Crippen LogP contribution >= 0.6 is 0 Å². The van der Waals surface area contributed by atoms with Gasteiger partial charge in [0.1, 0.15) is 0 Å². The zero-order chi connectivity index (χ0) is 13.9. The van der Waals surface area contributed by atoms with Gasteiger partial charge in [-0.3, -0.25) is 4.79 Å². The van der Waals surface area contributed by atoms with Gasteiger partial charge in [-0.25, -0.2) is 8.78 Å². The Labute approximate surface area is 108 Å². The van der Waals surface area contributed by atoms with E-state index in [0.29, 0.717) is 6.54 Å². The standard InChI is InChI=1S/C11H18F2N2O.C2H6/c1-8-7-14(2)3-4-15(8)10(16)9-5-11(12,13)6-9;1-2/h8-9H,3-7H2,1-2H3;1-2H3. The average molecular weight is 262 g/mol. The maximum atomic E-state index is 12.7. The number of amides is 1. The van der Waals surface area contributed by atoms with Crippen LogP contribution in [0.5, 0.6) is 0 Å². The topological polar surface area (TPSA) is 23.6 Å². The van der Waals surface area contributed by atoms with Crippen molar-refractivity contribution in [3.8, 4) is 0 Å². The van der Waals surface area contributed by atoms with Crippen LogP contribution in [0.4, 0.5) is 8.78 Å². The van der Waals surface area contributed by atoms with E-state index in [9.17, 15) is 13.6 Å². The van der Waals surface area contributed by atoms with E-state index in [1.165, 1.54) is 0 Å². The van der Waals surface area contributed by atoms with E-state index in [4.69, 9.17) is 0 Å². The molecule has 1 aliphatic heterocycles. The summed E-state index contributed by atoms with van der Waals surface area (Å²) in [4.78, 5) is 15.9. The summed E-state index contributed by atoms with van der Waals surface area (Å²) in [5, 5.41) is 0. The van der Waals surface area contributed by atoms with Gasteiger partial charge in [-0.1, -0.05) is 13.8 Å². The van der Waals surface area contributed by atoms with Crippen LogP contribution in [-0.4, -0.2) is 54.4 Å². The van der Waals surface area contributed by atoms with E-state index < -0.39 is 11.8 Å². The molecule has 1 saturated heterocycles. The number of alkyl halides is 2. The van der Waals surface area contributed by atoms with Gasteiger partial charge in [-0.2, -0.15) is 0 Å². The Bertz CT molecular complexity index is 289. The maximum absolute atomic E-state index is 12.7. The summed E-state index contributed by atoms with van der Waals surface area (Å²) >= 11 is 0. The lowest BCUT2D eigenvalue weighted by atomic mass is 9.80. The number of piperazine rings is 1. The summed E-state index contributed by atoms with van der Waals surface area (Å²) in [6, 6.07) is 0.139. The van der Waals surface area contributed by atoms with Gasteiger partial charge >= 0.3 is 0 Å². The second kappa shape index (κ2) is 5.95. The molecule has 0 bridgehead atoms. The van der Waals surface area contributed by atoms with Gasteiger partial charge in [-0.15, -0.1) is 0 Å². The van der Waals surface area contributed by atoms with Crippen molar-refractivity contribution in [3.05, 3.63) is 0 Å². The van der Waals surface area contributed by atoms with Crippen LogP contribution in [0.2, 0.25) is 0 Å². The van der Waals surface area contributed by atoms with Crippen molar-refractivity contribution >= 4 is 5.91 Å². The molecule has 106 valence electrons. The van der Waals surface area contributed by atoms with E-state index >= 15 is 0 Å². The smallest absolute Gasteiger partial charge is 0.249 e. The Morgan fingerprint density at radius 1 is 1.22 bits per heavy atom. The predicted molar refractivity (Wildman–Crippen MR) is 67.7 cm³/mol. The SMILES string of the molecule is CC.CC1CN(C)CCN1C(=O)C1CC(F)(F)C1. The highest BCUT2D eigenvalue weighted by Crippen LogP contribution is 2.43. The number of carbonyl (C=O) groups is 1. The molecule has 1 heterocycles. The molecule has 3 nitrogen and oxygen atoms in total. The summed E-state index contributed by atoms with van der Waals surface area (Å²) in [7, 11) is 2.01. The number of rotatable bonds is 1. The first-order chi connectivity index (χ1) is 8.39. The van der Waals surface area contributed by atoms with E-state index in [1.54, 1.807) is 4.90 Å². The lowest BCUT2D eigenvalue weighted by Crippen LogP contribution is -2.56. The van der Waals surface area contributed by atoms with Crippen LogP contribution in [0.15, 0.2) is 0 Å². The van der Waals surface area contributed by atoms with E-state index in [1.807, 2.05) is 27.8 Å². The highest BCUT2D eigenvalue weighted by molar-refractivity contribution is 5.80. The molecular weight excluding hydrogens is 238 g/mol. The van der Waals surface area contributed by atoms with E-state index in [-0.39, 0.29) is 24.8 Å². The van der Waals surface area contributed by atoms with Crippen LogP contribution in [0, 0.1) is 5.92 Å². The maximum Gasteiger partial charge on any atom is 0.249 e. The molecule has 2 fully saturated rings. The zero-order valence-corrected chi connectivity index (χ0v) is 11.7. The normalized spacial score (nSPS) is 28.1. The molecule has 1 aliphatic carbocycles. The van der Waals surface area contributed by atoms with Crippen LogP contribution < -0.4 is 0 Å². The molecule has 18 heavy (non-hydrogen) atoms. The Kier molecular flexibility index (Phi) is 5.08. The van der Waals surface area contributed by atoms with Gasteiger partial charge in [0, 0.05) is 44.4 Å². The van der Waals surface area contributed by atoms with Gasteiger partial charge in [0.15, 0.2) is 0 Å². The molecule has 1 atom stereocenters. The molecule has 1 amide bonds. The Balaban J connectivity index is 0.000000771. The lowest BCUT2D eigenvalue weighted by Gasteiger charge is -2.43. The van der Waals surface area contributed by atoms with Gasteiger partial charge in [0.2, 0.25) is 11.8 Å². The first kappa shape index (κ1) is 15.3. The van der Waals surface area contributed by atoms with Gasteiger partial charge in [-0.05, 0) is 14.0 Å². The highest BCUT2D eigenvalue weighted by Gasteiger charge is 2.50. The predicted octanol–water partition coefficient (Wildman–Crippen LogP) is 2.22. The van der Waals surface area contributed by atoms with Crippen LogP contribution in [0.25, 0.3) is 0 Å². The number of nitrogens with zero attached hydrogens (tertiary/aromatic N) is 2. The van der Waals surface area contributed by atoms with Crippen molar-refractivity contribution in [2.45, 2.75) is 45.6 Å². The summed E-state index contributed by atoms with van der Waals surface area (Å²) in [6.45, 7) is 8.30. The molecule has 1 unspecified atom stereocenters. The van der Waals surface area contributed by atoms with E-state index in [0.717, 1.165) is 13.1 Å². The van der Waals surface area contributed by atoms with Crippen molar-refractivity contribution in [2.24, 2.45) is 5.92 Å². The first-order valence-electron chi connectivity index (χ1n) is 6.76. The fourth-order valence-corrected chi connectivity index (χ4v) is 2.54. The van der Waals surface area contributed by atoms with Gasteiger partial charge < -0.3 is 9.80 Å². The third-order valence-electron chi connectivity index (χ3n) is 3.55. The van der Waals surface area contributed by atoms with E-state index in [2.05, 4.69) is 4.90 Å². The average Bonchev–Trinajstić information content (AvgIpc) is 2.27. The third kappa shape index (κ3) is 3.40.